The highest BCUT2D eigenvalue weighted by molar-refractivity contribution is 6.40. The van der Waals surface area contributed by atoms with Crippen molar-refractivity contribution < 1.29 is 36.3 Å². The van der Waals surface area contributed by atoms with Crippen LogP contribution in [0.15, 0.2) is 83.2 Å². The van der Waals surface area contributed by atoms with Gasteiger partial charge in [0, 0.05) is 42.5 Å². The average Bonchev–Trinajstić information content (AvgIpc) is 3.66. The number of ketones is 1. The zero-order chi connectivity index (χ0) is 30.8. The number of hydrogen-bond acceptors (Lipinski definition) is 7. The first kappa shape index (κ1) is 30.6. The maximum atomic E-state index is 13.9. The van der Waals surface area contributed by atoms with E-state index in [1.54, 1.807) is 0 Å². The first-order valence-electron chi connectivity index (χ1n) is 12.2. The number of carbonyl (C=O) groups is 1. The summed E-state index contributed by atoms with van der Waals surface area (Å²) in [6.07, 6.45) is -4.20. The summed E-state index contributed by atoms with van der Waals surface area (Å²) in [7, 11) is 0. The highest BCUT2D eigenvalue weighted by Gasteiger charge is 2.38. The van der Waals surface area contributed by atoms with E-state index in [0.717, 1.165) is 0 Å². The van der Waals surface area contributed by atoms with Crippen LogP contribution >= 0.6 is 11.6 Å². The van der Waals surface area contributed by atoms with E-state index in [4.69, 9.17) is 17.3 Å². The van der Waals surface area contributed by atoms with Crippen LogP contribution in [0.25, 0.3) is 5.70 Å². The summed E-state index contributed by atoms with van der Waals surface area (Å²) >= 11 is 6.24. The minimum atomic E-state index is -5.04. The van der Waals surface area contributed by atoms with Crippen molar-refractivity contribution in [2.45, 2.75) is 32.2 Å². The van der Waals surface area contributed by atoms with Crippen molar-refractivity contribution in [1.29, 1.82) is 0 Å². The molecule has 7 nitrogen and oxygen atoms in total. The maximum absolute atomic E-state index is 13.9. The number of aromatic nitrogens is 2. The number of nitrogens with two attached hydrogens (primary N) is 1. The number of nitrogens with zero attached hydrogens (tertiary/aromatic N) is 3. The molecular formula is C28H22ClF6N5O2. The van der Waals surface area contributed by atoms with Gasteiger partial charge in [-0.25, -0.2) is 0 Å². The molecule has 0 bridgehead atoms. The summed E-state index contributed by atoms with van der Waals surface area (Å²) in [5, 5.41) is 16.1. The Morgan fingerprint density at radius 2 is 1.62 bits per heavy atom. The third-order valence-electron chi connectivity index (χ3n) is 6.47. The van der Waals surface area contributed by atoms with E-state index in [-0.39, 0.29) is 50.7 Å². The second-order valence-electron chi connectivity index (χ2n) is 9.43. The van der Waals surface area contributed by atoms with Gasteiger partial charge in [-0.1, -0.05) is 29.3 Å². The lowest BCUT2D eigenvalue weighted by molar-refractivity contribution is -0.143. The molecule has 2 aromatic heterocycles. The summed E-state index contributed by atoms with van der Waals surface area (Å²) < 4.78 is 80.4. The van der Waals surface area contributed by atoms with Gasteiger partial charge in [0.05, 0.1) is 27.4 Å². The number of oxime groups is 1. The SMILES string of the molecule is CC1CC1=C(C(=O)/C(N)=C(/NCc1cc(C(F)(F)F)cc(C(F)(F)F)c1)c1ccncc1)/C(=N\O)c1ccncc1Cl. The monoisotopic (exact) mass is 609 g/mol. The molecule has 1 atom stereocenters. The third kappa shape index (κ3) is 6.73. The second-order valence-corrected chi connectivity index (χ2v) is 9.84. The molecular weight excluding hydrogens is 588 g/mol. The van der Waals surface area contributed by atoms with Crippen molar-refractivity contribution in [3.8, 4) is 0 Å². The predicted molar refractivity (Wildman–Crippen MR) is 142 cm³/mol. The largest absolute Gasteiger partial charge is 0.416 e. The summed E-state index contributed by atoms with van der Waals surface area (Å²) in [6, 6.07) is 5.51. The Kier molecular flexibility index (Phi) is 8.62. The van der Waals surface area contributed by atoms with Crippen molar-refractivity contribution in [1.82, 2.24) is 15.3 Å². The van der Waals surface area contributed by atoms with Gasteiger partial charge >= 0.3 is 12.4 Å². The highest BCUT2D eigenvalue weighted by atomic mass is 35.5. The molecule has 0 saturated heterocycles. The molecule has 0 spiro atoms. The predicted octanol–water partition coefficient (Wildman–Crippen LogP) is 6.37. The van der Waals surface area contributed by atoms with Crippen LogP contribution in [0.2, 0.25) is 5.02 Å². The number of nitrogens with one attached hydrogen (secondary N) is 1. The van der Waals surface area contributed by atoms with Gasteiger partial charge in [-0.05, 0) is 54.3 Å². The minimum Gasteiger partial charge on any atom is -0.410 e. The molecule has 1 fully saturated rings. The minimum absolute atomic E-state index is 0.0241. The summed E-state index contributed by atoms with van der Waals surface area (Å²) in [5.74, 6) is -0.855. The van der Waals surface area contributed by atoms with Gasteiger partial charge < -0.3 is 16.3 Å². The molecule has 1 aliphatic carbocycles. The van der Waals surface area contributed by atoms with Crippen LogP contribution < -0.4 is 11.1 Å². The van der Waals surface area contributed by atoms with Gasteiger partial charge in [-0.3, -0.25) is 14.8 Å². The van der Waals surface area contributed by atoms with Gasteiger partial charge in [-0.2, -0.15) is 26.3 Å². The number of halogens is 7. The van der Waals surface area contributed by atoms with E-state index in [1.807, 2.05) is 6.92 Å². The lowest BCUT2D eigenvalue weighted by Gasteiger charge is -2.18. The molecule has 1 aromatic carbocycles. The van der Waals surface area contributed by atoms with Crippen LogP contribution in [0, 0.1) is 5.92 Å². The number of benzene rings is 1. The topological polar surface area (TPSA) is 113 Å². The Labute approximate surface area is 240 Å². The number of hydrogen-bond donors (Lipinski definition) is 3. The summed E-state index contributed by atoms with van der Waals surface area (Å²) in [6.45, 7) is 1.28. The van der Waals surface area contributed by atoms with Gasteiger partial charge in [0.2, 0.25) is 5.78 Å². The zero-order valence-electron chi connectivity index (χ0n) is 21.7. The van der Waals surface area contributed by atoms with Gasteiger partial charge in [0.15, 0.2) is 0 Å². The molecule has 220 valence electrons. The molecule has 1 saturated carbocycles. The van der Waals surface area contributed by atoms with Gasteiger partial charge in [-0.15, -0.1) is 0 Å². The fourth-order valence-corrected chi connectivity index (χ4v) is 4.47. The number of rotatable bonds is 8. The average molecular weight is 610 g/mol. The van der Waals surface area contributed by atoms with Crippen molar-refractivity contribution >= 4 is 28.8 Å². The summed E-state index contributed by atoms with van der Waals surface area (Å²) in [4.78, 5) is 21.7. The van der Waals surface area contributed by atoms with E-state index in [2.05, 4.69) is 20.4 Å². The fourth-order valence-electron chi connectivity index (χ4n) is 4.26. The molecule has 3 aromatic rings. The Bertz CT molecular complexity index is 1570. The molecule has 0 aliphatic heterocycles. The van der Waals surface area contributed by atoms with Crippen LogP contribution in [0.3, 0.4) is 0 Å². The Balaban J connectivity index is 1.80. The third-order valence-corrected chi connectivity index (χ3v) is 6.77. The van der Waals surface area contributed by atoms with E-state index < -0.39 is 41.5 Å². The molecule has 14 heteroatoms. The first-order chi connectivity index (χ1) is 19.7. The maximum Gasteiger partial charge on any atom is 0.416 e. The molecule has 4 N–H and O–H groups in total. The fraction of sp³-hybridized carbons (Fsp3) is 0.214. The first-order valence-corrected chi connectivity index (χ1v) is 12.6. The number of pyridine rings is 2. The highest BCUT2D eigenvalue weighted by Crippen LogP contribution is 2.42. The number of Topliss-reactive ketones (excluding diaryl/α,β-unsaturated/α-hetero) is 1. The number of alkyl halides is 6. The van der Waals surface area contributed by atoms with E-state index in [9.17, 15) is 36.3 Å². The van der Waals surface area contributed by atoms with Gasteiger partial charge in [0.1, 0.15) is 11.4 Å². The van der Waals surface area contributed by atoms with E-state index in [1.165, 1.54) is 43.0 Å². The van der Waals surface area contributed by atoms with Crippen LogP contribution in [-0.2, 0) is 23.7 Å². The Morgan fingerprint density at radius 1 is 1.05 bits per heavy atom. The van der Waals surface area contributed by atoms with Crippen molar-refractivity contribution in [3.05, 3.63) is 111 Å². The Hall–Kier alpha value is -4.39. The quantitative estimate of drug-likeness (QED) is 0.0899. The van der Waals surface area contributed by atoms with E-state index in [0.29, 0.717) is 24.1 Å². The van der Waals surface area contributed by atoms with Crippen LogP contribution in [0.5, 0.6) is 0 Å². The second kappa shape index (κ2) is 11.8. The van der Waals surface area contributed by atoms with E-state index >= 15 is 0 Å². The number of carbonyl (C=O) groups excluding carboxylic acids is 1. The standard InChI is InChI=1S/C28H22ClF6N5O2/c1-14-8-20(14)22(25(40-42)19-4-7-38-13-21(19)29)26(41)23(36)24(16-2-5-37-6-3-16)39-12-15-9-17(27(30,31)32)11-18(10-15)28(33,34)35/h2-7,9-11,13-14,39,42H,8,12,36H2,1H3/b22-20?,24-23-,40-25-. The van der Waals surface area contributed by atoms with Crippen LogP contribution in [0.1, 0.15) is 41.2 Å². The van der Waals surface area contributed by atoms with Gasteiger partial charge in [0.25, 0.3) is 0 Å². The van der Waals surface area contributed by atoms with Crippen molar-refractivity contribution in [3.63, 3.8) is 0 Å². The molecule has 42 heavy (non-hydrogen) atoms. The lowest BCUT2D eigenvalue weighted by Crippen LogP contribution is -2.26. The normalized spacial score (nSPS) is 17.4. The smallest absolute Gasteiger partial charge is 0.410 e. The zero-order valence-corrected chi connectivity index (χ0v) is 22.4. The molecule has 0 amide bonds. The molecule has 2 heterocycles. The van der Waals surface area contributed by atoms with Crippen molar-refractivity contribution in [2.75, 3.05) is 0 Å². The summed E-state index contributed by atoms with van der Waals surface area (Å²) in [5.41, 5.74) is 3.37. The number of allylic oxidation sites excluding steroid dienone is 2. The molecule has 1 aliphatic rings. The lowest BCUT2D eigenvalue weighted by atomic mass is 9.95. The van der Waals surface area contributed by atoms with Crippen molar-refractivity contribution in [2.24, 2.45) is 16.8 Å². The molecule has 4 rings (SSSR count). The van der Waals surface area contributed by atoms with Crippen LogP contribution in [-0.4, -0.2) is 26.7 Å². The molecule has 1 unspecified atom stereocenters. The Morgan fingerprint density at radius 3 is 2.12 bits per heavy atom. The van der Waals surface area contributed by atoms with Crippen LogP contribution in [0.4, 0.5) is 26.3 Å². The molecule has 0 radical (unpaired) electrons.